The molecule has 1 aromatic rings. The van der Waals surface area contributed by atoms with Crippen molar-refractivity contribution < 1.29 is 19.1 Å². The predicted molar refractivity (Wildman–Crippen MR) is 108 cm³/mol. The molecule has 1 aromatic carbocycles. The Kier molecular flexibility index (Phi) is 3.44. The van der Waals surface area contributed by atoms with Gasteiger partial charge in [0.25, 0.3) is 17.4 Å². The van der Waals surface area contributed by atoms with E-state index in [9.17, 15) is 9.59 Å². The number of fused-ring (bicyclic) bond motifs is 2. The molecule has 3 fully saturated rings. The Hall–Kier alpha value is -1.70. The highest BCUT2D eigenvalue weighted by atomic mass is 79.9. The fourth-order valence-electron chi connectivity index (χ4n) is 4.92. The van der Waals surface area contributed by atoms with Gasteiger partial charge in [-0.3, -0.25) is 9.59 Å². The minimum atomic E-state index is -1.14. The van der Waals surface area contributed by atoms with Gasteiger partial charge in [0, 0.05) is 24.0 Å². The molecule has 2 bridgehead atoms. The third kappa shape index (κ3) is 1.73. The van der Waals surface area contributed by atoms with Crippen molar-refractivity contribution in [3.05, 3.63) is 33.6 Å². The lowest BCUT2D eigenvalue weighted by molar-refractivity contribution is -0.159. The topological polar surface area (TPSA) is 63.4 Å². The first kappa shape index (κ1) is 18.3. The third-order valence-corrected chi connectivity index (χ3v) is 11.2. The van der Waals surface area contributed by atoms with Crippen LogP contribution >= 0.6 is 15.9 Å². The number of ether oxygens (including phenoxy) is 2. The van der Waals surface area contributed by atoms with E-state index in [1.54, 1.807) is 37.9 Å². The van der Waals surface area contributed by atoms with E-state index in [0.29, 0.717) is 16.0 Å². The van der Waals surface area contributed by atoms with Crippen LogP contribution in [0, 0.1) is 6.57 Å². The SMILES string of the molecule is [C-]#[N+][C@@]1(C)C[C@]23C(=O)N(C)[C@@](C)(C(=O)N2[C@H]1c1cc2c(cc1Br)OCO2)S3=S. The largest absolute Gasteiger partial charge is 0.454 e. The predicted octanol–water partition coefficient (Wildman–Crippen LogP) is 2.11. The monoisotopic (exact) mass is 481 g/mol. The second-order valence-electron chi connectivity index (χ2n) is 7.85. The fraction of sp³-hybridized carbons (Fsp3) is 0.500. The normalized spacial score (nSPS) is 40.2. The zero-order chi connectivity index (χ0) is 20.2. The van der Waals surface area contributed by atoms with Gasteiger partial charge in [-0.05, 0) is 39.7 Å². The molecule has 1 unspecified atom stereocenters. The van der Waals surface area contributed by atoms with E-state index in [-0.39, 0.29) is 25.0 Å². The van der Waals surface area contributed by atoms with Gasteiger partial charge in [-0.1, -0.05) is 15.9 Å². The lowest BCUT2D eigenvalue weighted by atomic mass is 9.87. The zero-order valence-electron chi connectivity index (χ0n) is 15.3. The fourth-order valence-corrected chi connectivity index (χ4v) is 8.97. The number of likely N-dealkylation sites (N-methyl/N-ethyl adjacent to an activating group) is 1. The Balaban J connectivity index is 1.76. The first-order valence-corrected chi connectivity index (χ1v) is 11.6. The Bertz CT molecular complexity index is 1060. The lowest BCUT2D eigenvalue weighted by Gasteiger charge is -2.39. The summed E-state index contributed by atoms with van der Waals surface area (Å²) in [4.78, 5) is 31.7. The molecule has 0 radical (unpaired) electrons. The van der Waals surface area contributed by atoms with Crippen LogP contribution in [-0.4, -0.2) is 50.7 Å². The summed E-state index contributed by atoms with van der Waals surface area (Å²) >= 11 is 9.36. The molecule has 4 heterocycles. The highest BCUT2D eigenvalue weighted by Gasteiger charge is 2.82. The standard InChI is InChI=1S/C18H16BrN3O4S2/c1-16(20-3)7-18-15(24)21(4)17(2,28(18)27)14(23)22(18)13(16)9-5-11-12(6-10(9)19)26-8-25-11/h5-6,13H,7-8H2,1-2,4H3/t13-,16-,17+,18-,28?/m0/s1. The molecular formula is C18H16BrN3O4S2. The van der Waals surface area contributed by atoms with E-state index >= 15 is 0 Å². The molecule has 28 heavy (non-hydrogen) atoms. The van der Waals surface area contributed by atoms with Gasteiger partial charge in [0.2, 0.25) is 6.79 Å². The number of piperazine rings is 1. The minimum Gasteiger partial charge on any atom is -0.454 e. The second-order valence-corrected chi connectivity index (χ2v) is 11.7. The van der Waals surface area contributed by atoms with Gasteiger partial charge < -0.3 is 24.1 Å². The van der Waals surface area contributed by atoms with Gasteiger partial charge in [-0.25, -0.2) is 6.57 Å². The summed E-state index contributed by atoms with van der Waals surface area (Å²) < 4.78 is 11.6. The molecule has 5 rings (SSSR count). The Morgan fingerprint density at radius 2 is 1.93 bits per heavy atom. The minimum absolute atomic E-state index is 0.125. The Morgan fingerprint density at radius 3 is 2.57 bits per heavy atom. The number of carbonyl (C=O) groups excluding carboxylic acids is 2. The molecule has 0 N–H and O–H groups in total. The van der Waals surface area contributed by atoms with E-state index in [2.05, 4.69) is 20.8 Å². The lowest BCUT2D eigenvalue weighted by Crippen LogP contribution is -2.60. The maximum atomic E-state index is 13.6. The molecule has 4 aliphatic rings. The van der Waals surface area contributed by atoms with Crippen LogP contribution in [0.25, 0.3) is 4.85 Å². The highest BCUT2D eigenvalue weighted by molar-refractivity contribution is 9.10. The van der Waals surface area contributed by atoms with Crippen molar-refractivity contribution in [3.8, 4) is 11.5 Å². The molecule has 4 aliphatic heterocycles. The number of hydrogen-bond donors (Lipinski definition) is 0. The Labute approximate surface area is 177 Å². The Morgan fingerprint density at radius 1 is 1.29 bits per heavy atom. The molecule has 7 nitrogen and oxygen atoms in total. The van der Waals surface area contributed by atoms with Gasteiger partial charge in [-0.15, -0.1) is 0 Å². The number of rotatable bonds is 1. The molecular weight excluding hydrogens is 466 g/mol. The van der Waals surface area contributed by atoms with Gasteiger partial charge >= 0.3 is 0 Å². The van der Waals surface area contributed by atoms with Crippen LogP contribution in [0.2, 0.25) is 0 Å². The van der Waals surface area contributed by atoms with Crippen LogP contribution in [0.4, 0.5) is 0 Å². The van der Waals surface area contributed by atoms with E-state index in [4.69, 9.17) is 27.2 Å². The van der Waals surface area contributed by atoms with Gasteiger partial charge in [0.1, 0.15) is 6.04 Å². The number of nitrogens with zero attached hydrogens (tertiary/aromatic N) is 3. The van der Waals surface area contributed by atoms with Crippen molar-refractivity contribution in [2.24, 2.45) is 0 Å². The van der Waals surface area contributed by atoms with Crippen molar-refractivity contribution in [2.75, 3.05) is 13.8 Å². The third-order valence-electron chi connectivity index (χ3n) is 6.44. The molecule has 3 saturated heterocycles. The summed E-state index contributed by atoms with van der Waals surface area (Å²) in [5, 5.41) is 0. The summed E-state index contributed by atoms with van der Waals surface area (Å²) in [7, 11) is 0.676. The van der Waals surface area contributed by atoms with Crippen LogP contribution < -0.4 is 9.47 Å². The average molecular weight is 482 g/mol. The van der Waals surface area contributed by atoms with E-state index in [0.717, 1.165) is 5.56 Å². The molecule has 2 amide bonds. The van der Waals surface area contributed by atoms with Crippen LogP contribution in [-0.2, 0) is 30.2 Å². The molecule has 0 saturated carbocycles. The van der Waals surface area contributed by atoms with Gasteiger partial charge in [0.15, 0.2) is 21.2 Å². The van der Waals surface area contributed by atoms with E-state index < -0.39 is 30.8 Å². The first-order valence-electron chi connectivity index (χ1n) is 8.64. The summed E-state index contributed by atoms with van der Waals surface area (Å²) in [5.74, 6) is 0.820. The smallest absolute Gasteiger partial charge is 0.261 e. The number of benzene rings is 1. The van der Waals surface area contributed by atoms with Gasteiger partial charge in [0.05, 0.1) is 6.42 Å². The summed E-state index contributed by atoms with van der Waals surface area (Å²) in [6, 6.07) is 2.98. The van der Waals surface area contributed by atoms with Crippen molar-refractivity contribution >= 4 is 48.4 Å². The van der Waals surface area contributed by atoms with E-state index in [1.807, 2.05) is 0 Å². The molecule has 10 heteroatoms. The van der Waals surface area contributed by atoms with E-state index in [1.165, 1.54) is 4.90 Å². The van der Waals surface area contributed by atoms with Crippen molar-refractivity contribution in [1.82, 2.24) is 9.80 Å². The van der Waals surface area contributed by atoms with Crippen molar-refractivity contribution in [3.63, 3.8) is 0 Å². The molecule has 1 spiro atoms. The number of hydrogen-bond acceptors (Lipinski definition) is 5. The first-order chi connectivity index (χ1) is 13.1. The summed E-state index contributed by atoms with van der Waals surface area (Å²) in [5.41, 5.74) is -0.260. The number of amides is 2. The maximum Gasteiger partial charge on any atom is 0.261 e. The van der Waals surface area contributed by atoms with Crippen LogP contribution in [0.3, 0.4) is 0 Å². The van der Waals surface area contributed by atoms with Crippen LogP contribution in [0.5, 0.6) is 11.5 Å². The summed E-state index contributed by atoms with van der Waals surface area (Å²) in [6.45, 7) is 11.6. The molecule has 0 aliphatic carbocycles. The summed E-state index contributed by atoms with van der Waals surface area (Å²) in [6.07, 6.45) is 0.228. The maximum absolute atomic E-state index is 13.6. The van der Waals surface area contributed by atoms with Crippen molar-refractivity contribution in [2.45, 2.75) is 41.6 Å². The number of halogens is 1. The number of carbonyl (C=O) groups is 2. The van der Waals surface area contributed by atoms with Gasteiger partial charge in [-0.2, -0.15) is 0 Å². The highest BCUT2D eigenvalue weighted by Crippen LogP contribution is 2.64. The van der Waals surface area contributed by atoms with Crippen LogP contribution in [0.1, 0.15) is 31.9 Å². The van der Waals surface area contributed by atoms with Crippen LogP contribution in [0.15, 0.2) is 16.6 Å². The average Bonchev–Trinajstić information content (AvgIpc) is 3.30. The zero-order valence-corrected chi connectivity index (χ0v) is 18.5. The quantitative estimate of drug-likeness (QED) is 0.574. The molecule has 146 valence electrons. The second kappa shape index (κ2) is 5.26. The van der Waals surface area contributed by atoms with Crippen molar-refractivity contribution in [1.29, 1.82) is 0 Å². The molecule has 5 atom stereocenters. The molecule has 0 aromatic heterocycles.